The molecule has 0 radical (unpaired) electrons. The van der Waals surface area contributed by atoms with E-state index in [9.17, 15) is 18.0 Å². The quantitative estimate of drug-likeness (QED) is 0.691. The van der Waals surface area contributed by atoms with Crippen LogP contribution in [-0.2, 0) is 14.8 Å². The van der Waals surface area contributed by atoms with Crippen molar-refractivity contribution in [1.82, 2.24) is 14.1 Å². The molecule has 2 aromatic rings. The fourth-order valence-electron chi connectivity index (χ4n) is 4.09. The van der Waals surface area contributed by atoms with Crippen LogP contribution in [0, 0.1) is 0 Å². The lowest BCUT2D eigenvalue weighted by Gasteiger charge is -2.40. The summed E-state index contributed by atoms with van der Waals surface area (Å²) in [4.78, 5) is 29.4. The number of hydrogen-bond acceptors (Lipinski definition) is 5. The molecule has 8 nitrogen and oxygen atoms in total. The van der Waals surface area contributed by atoms with Crippen LogP contribution in [0.1, 0.15) is 29.8 Å². The highest BCUT2D eigenvalue weighted by Crippen LogP contribution is 2.24. The van der Waals surface area contributed by atoms with Crippen LogP contribution in [0.25, 0.3) is 0 Å². The maximum atomic E-state index is 13.2. The van der Waals surface area contributed by atoms with E-state index in [1.165, 1.54) is 22.7 Å². The van der Waals surface area contributed by atoms with E-state index in [4.69, 9.17) is 16.0 Å². The molecular formula is C21H24ClN3O5S. The lowest BCUT2D eigenvalue weighted by atomic mass is 10.00. The van der Waals surface area contributed by atoms with Gasteiger partial charge in [-0.2, -0.15) is 4.31 Å². The van der Waals surface area contributed by atoms with Crippen molar-refractivity contribution in [1.29, 1.82) is 0 Å². The van der Waals surface area contributed by atoms with E-state index in [0.717, 1.165) is 12.8 Å². The van der Waals surface area contributed by atoms with Gasteiger partial charge < -0.3 is 14.2 Å². The standard InChI is InChI=1S/C21H24ClN3O5S/c22-16-6-8-17(9-7-16)31(28,29)24-13-11-23(12-14-24)20(26)18-4-1-2-10-25(18)21(27)19-5-3-15-30-19/h3,5-9,15,18H,1-2,4,10-14H2. The van der Waals surface area contributed by atoms with Gasteiger partial charge in [-0.25, -0.2) is 8.42 Å². The number of piperidine rings is 1. The molecule has 2 aliphatic rings. The monoisotopic (exact) mass is 465 g/mol. The molecule has 1 atom stereocenters. The highest BCUT2D eigenvalue weighted by molar-refractivity contribution is 7.89. The van der Waals surface area contributed by atoms with Crippen LogP contribution in [0.2, 0.25) is 5.02 Å². The number of nitrogens with zero attached hydrogens (tertiary/aromatic N) is 3. The smallest absolute Gasteiger partial charge is 0.290 e. The lowest BCUT2D eigenvalue weighted by molar-refractivity contribution is -0.138. The Bertz CT molecular complexity index is 1030. The fraction of sp³-hybridized carbons (Fsp3) is 0.429. The second-order valence-electron chi connectivity index (χ2n) is 7.67. The van der Waals surface area contributed by atoms with E-state index in [1.807, 2.05) is 0 Å². The molecule has 166 valence electrons. The minimum absolute atomic E-state index is 0.136. The summed E-state index contributed by atoms with van der Waals surface area (Å²) in [7, 11) is -3.65. The zero-order valence-electron chi connectivity index (χ0n) is 16.9. The Labute approximate surface area is 186 Å². The molecule has 2 saturated heterocycles. The molecule has 1 aromatic carbocycles. The summed E-state index contributed by atoms with van der Waals surface area (Å²) in [6, 6.07) is 8.74. The average molecular weight is 466 g/mol. The topological polar surface area (TPSA) is 91.1 Å². The van der Waals surface area contributed by atoms with Gasteiger partial charge in [0.05, 0.1) is 11.2 Å². The Balaban J connectivity index is 1.42. The summed E-state index contributed by atoms with van der Waals surface area (Å²) in [6.07, 6.45) is 3.73. The molecule has 4 rings (SSSR count). The normalized spacial score (nSPS) is 20.6. The molecule has 0 saturated carbocycles. The first-order chi connectivity index (χ1) is 14.9. The van der Waals surface area contributed by atoms with Crippen LogP contribution in [0.4, 0.5) is 0 Å². The number of piperazine rings is 1. The maximum Gasteiger partial charge on any atom is 0.290 e. The number of sulfonamides is 1. The van der Waals surface area contributed by atoms with Crippen LogP contribution >= 0.6 is 11.6 Å². The molecule has 10 heteroatoms. The predicted octanol–water partition coefficient (Wildman–Crippen LogP) is 2.46. The fourth-order valence-corrected chi connectivity index (χ4v) is 5.64. The van der Waals surface area contributed by atoms with Crippen LogP contribution < -0.4 is 0 Å². The molecular weight excluding hydrogens is 442 g/mol. The first-order valence-electron chi connectivity index (χ1n) is 10.3. The van der Waals surface area contributed by atoms with E-state index < -0.39 is 16.1 Å². The summed E-state index contributed by atoms with van der Waals surface area (Å²) in [5.74, 6) is -0.200. The van der Waals surface area contributed by atoms with Gasteiger partial charge >= 0.3 is 0 Å². The van der Waals surface area contributed by atoms with Crippen LogP contribution in [0.5, 0.6) is 0 Å². The van der Waals surface area contributed by atoms with Gasteiger partial charge in [0.1, 0.15) is 6.04 Å². The number of hydrogen-bond donors (Lipinski definition) is 0. The summed E-state index contributed by atoms with van der Waals surface area (Å²) < 4.78 is 32.3. The first kappa shape index (κ1) is 21.9. The third kappa shape index (κ3) is 4.49. The van der Waals surface area contributed by atoms with Crippen molar-refractivity contribution in [2.24, 2.45) is 0 Å². The lowest BCUT2D eigenvalue weighted by Crippen LogP contribution is -2.57. The first-order valence-corrected chi connectivity index (χ1v) is 12.1. The van der Waals surface area contributed by atoms with Gasteiger partial charge in [-0.05, 0) is 55.7 Å². The Hall–Kier alpha value is -2.36. The molecule has 2 aliphatic heterocycles. The van der Waals surface area contributed by atoms with Crippen LogP contribution in [0.15, 0.2) is 52.0 Å². The molecule has 1 unspecified atom stereocenters. The van der Waals surface area contributed by atoms with Crippen molar-refractivity contribution in [2.45, 2.75) is 30.2 Å². The van der Waals surface area contributed by atoms with E-state index in [2.05, 4.69) is 0 Å². The van der Waals surface area contributed by atoms with Gasteiger partial charge in [-0.3, -0.25) is 9.59 Å². The van der Waals surface area contributed by atoms with Gasteiger partial charge in [0, 0.05) is 37.7 Å². The minimum atomic E-state index is -3.65. The van der Waals surface area contributed by atoms with E-state index in [-0.39, 0.29) is 48.6 Å². The molecule has 3 heterocycles. The molecule has 0 N–H and O–H groups in total. The highest BCUT2D eigenvalue weighted by Gasteiger charge is 2.38. The van der Waals surface area contributed by atoms with Gasteiger partial charge in [0.25, 0.3) is 5.91 Å². The second kappa shape index (κ2) is 9.02. The number of likely N-dealkylation sites (tertiary alicyclic amines) is 1. The van der Waals surface area contributed by atoms with Gasteiger partial charge in [-0.1, -0.05) is 11.6 Å². The third-order valence-corrected chi connectivity index (χ3v) is 7.95. The highest BCUT2D eigenvalue weighted by atomic mass is 35.5. The molecule has 2 amide bonds. The third-order valence-electron chi connectivity index (χ3n) is 5.78. The van der Waals surface area contributed by atoms with E-state index in [1.54, 1.807) is 34.1 Å². The summed E-state index contributed by atoms with van der Waals surface area (Å²) in [5, 5.41) is 0.468. The molecule has 0 aliphatic carbocycles. The Kier molecular flexibility index (Phi) is 6.36. The maximum absolute atomic E-state index is 13.2. The van der Waals surface area contributed by atoms with E-state index >= 15 is 0 Å². The number of carbonyl (C=O) groups is 2. The Morgan fingerprint density at radius 2 is 1.68 bits per heavy atom. The van der Waals surface area contributed by atoms with Crippen molar-refractivity contribution >= 4 is 33.4 Å². The van der Waals surface area contributed by atoms with Crippen molar-refractivity contribution in [3.63, 3.8) is 0 Å². The number of benzene rings is 1. The summed E-state index contributed by atoms with van der Waals surface area (Å²) in [6.45, 7) is 1.47. The number of halogens is 1. The van der Waals surface area contributed by atoms with Crippen LogP contribution in [-0.4, -0.2) is 73.1 Å². The number of amides is 2. The average Bonchev–Trinajstić information content (AvgIpc) is 3.33. The number of furan rings is 1. The largest absolute Gasteiger partial charge is 0.459 e. The van der Waals surface area contributed by atoms with Gasteiger partial charge in [-0.15, -0.1) is 0 Å². The molecule has 31 heavy (non-hydrogen) atoms. The molecule has 2 fully saturated rings. The Morgan fingerprint density at radius 1 is 0.968 bits per heavy atom. The number of carbonyl (C=O) groups excluding carboxylic acids is 2. The second-order valence-corrected chi connectivity index (χ2v) is 10.0. The van der Waals surface area contributed by atoms with Gasteiger partial charge in [0.15, 0.2) is 5.76 Å². The molecule has 0 bridgehead atoms. The zero-order valence-corrected chi connectivity index (χ0v) is 18.5. The number of rotatable bonds is 4. The minimum Gasteiger partial charge on any atom is -0.459 e. The van der Waals surface area contributed by atoms with Crippen molar-refractivity contribution in [3.8, 4) is 0 Å². The Morgan fingerprint density at radius 3 is 2.32 bits per heavy atom. The van der Waals surface area contributed by atoms with Crippen LogP contribution in [0.3, 0.4) is 0 Å². The predicted molar refractivity (Wildman–Crippen MR) is 114 cm³/mol. The SMILES string of the molecule is O=C(C1CCCCN1C(=O)c1ccco1)N1CCN(S(=O)(=O)c2ccc(Cl)cc2)CC1. The van der Waals surface area contributed by atoms with Crippen molar-refractivity contribution in [3.05, 3.63) is 53.4 Å². The van der Waals surface area contributed by atoms with E-state index in [0.29, 0.717) is 18.0 Å². The van der Waals surface area contributed by atoms with Gasteiger partial charge in [0.2, 0.25) is 15.9 Å². The zero-order chi connectivity index (χ0) is 22.0. The van der Waals surface area contributed by atoms with Crippen molar-refractivity contribution < 1.29 is 22.4 Å². The van der Waals surface area contributed by atoms with Crippen molar-refractivity contribution in [2.75, 3.05) is 32.7 Å². The molecule has 0 spiro atoms. The summed E-state index contributed by atoms with van der Waals surface area (Å²) in [5.41, 5.74) is 0. The summed E-state index contributed by atoms with van der Waals surface area (Å²) >= 11 is 5.86. The molecule has 1 aromatic heterocycles.